The van der Waals surface area contributed by atoms with E-state index in [4.69, 9.17) is 11.6 Å². The monoisotopic (exact) mass is 384 g/mol. The molecule has 4 aromatic rings. The summed E-state index contributed by atoms with van der Waals surface area (Å²) in [6.07, 6.45) is 3.29. The quantitative estimate of drug-likeness (QED) is 0.574. The van der Waals surface area contributed by atoms with Crippen LogP contribution in [0.25, 0.3) is 16.6 Å². The topological polar surface area (TPSA) is 77.6 Å². The highest BCUT2D eigenvalue weighted by Gasteiger charge is 2.12. The van der Waals surface area contributed by atoms with E-state index in [1.165, 1.54) is 23.1 Å². The van der Waals surface area contributed by atoms with Crippen molar-refractivity contribution in [3.05, 3.63) is 71.4 Å². The minimum atomic E-state index is -0.308. The van der Waals surface area contributed by atoms with Crippen LogP contribution in [0.5, 0.6) is 0 Å². The number of fused-ring (bicyclic) bond motifs is 1. The van der Waals surface area contributed by atoms with Crippen LogP contribution >= 0.6 is 11.6 Å². The Labute approximate surface area is 158 Å². The molecule has 27 heavy (non-hydrogen) atoms. The van der Waals surface area contributed by atoms with Crippen molar-refractivity contribution in [3.63, 3.8) is 0 Å². The van der Waals surface area contributed by atoms with Gasteiger partial charge in [0.2, 0.25) is 0 Å². The molecule has 2 aromatic carbocycles. The number of rotatable bonds is 5. The van der Waals surface area contributed by atoms with E-state index in [2.05, 4.69) is 20.8 Å². The van der Waals surface area contributed by atoms with Gasteiger partial charge in [-0.15, -0.1) is 5.10 Å². The van der Waals surface area contributed by atoms with Gasteiger partial charge in [-0.2, -0.15) is 0 Å². The Balaban J connectivity index is 1.46. The number of nitrogens with zero attached hydrogens (tertiary/aromatic N) is 5. The van der Waals surface area contributed by atoms with Crippen LogP contribution in [0.4, 0.5) is 4.39 Å². The summed E-state index contributed by atoms with van der Waals surface area (Å²) in [6.45, 7) is 0.869. The molecule has 0 aliphatic carbocycles. The molecule has 4 rings (SSSR count). The molecule has 0 saturated heterocycles. The number of nitrogens with one attached hydrogen (secondary N) is 1. The van der Waals surface area contributed by atoms with Crippen LogP contribution in [0, 0.1) is 5.82 Å². The predicted octanol–water partition coefficient (Wildman–Crippen LogP) is 2.84. The van der Waals surface area contributed by atoms with E-state index >= 15 is 0 Å². The molecule has 0 aliphatic heterocycles. The number of halogens is 2. The van der Waals surface area contributed by atoms with Crippen molar-refractivity contribution in [2.75, 3.05) is 6.54 Å². The van der Waals surface area contributed by atoms with Crippen LogP contribution in [0.1, 0.15) is 10.4 Å². The van der Waals surface area contributed by atoms with E-state index in [-0.39, 0.29) is 11.7 Å². The van der Waals surface area contributed by atoms with Crippen LogP contribution in [0.3, 0.4) is 0 Å². The van der Waals surface area contributed by atoms with Gasteiger partial charge in [0.1, 0.15) is 12.1 Å². The summed E-state index contributed by atoms with van der Waals surface area (Å²) in [5.41, 5.74) is 1.73. The van der Waals surface area contributed by atoms with Gasteiger partial charge >= 0.3 is 0 Å². The standard InChI is InChI=1S/C18H14ClFN6O/c19-16-4-3-14(26-11-22-23-24-26)10-15(16)18(27)21-6-8-25-7-5-12-1-2-13(20)9-17(12)25/h1-5,7,9-11H,6,8H2,(H,21,27). The molecule has 0 radical (unpaired) electrons. The molecule has 0 saturated carbocycles. The second kappa shape index (κ2) is 7.16. The van der Waals surface area contributed by atoms with Crippen molar-refractivity contribution >= 4 is 28.4 Å². The van der Waals surface area contributed by atoms with E-state index in [9.17, 15) is 9.18 Å². The maximum absolute atomic E-state index is 13.5. The first-order valence-electron chi connectivity index (χ1n) is 8.17. The summed E-state index contributed by atoms with van der Waals surface area (Å²) >= 11 is 6.16. The molecule has 2 heterocycles. The fourth-order valence-electron chi connectivity index (χ4n) is 2.85. The first kappa shape index (κ1) is 17.2. The smallest absolute Gasteiger partial charge is 0.252 e. The van der Waals surface area contributed by atoms with Crippen molar-refractivity contribution in [2.24, 2.45) is 0 Å². The average Bonchev–Trinajstić information content (AvgIpc) is 3.32. The van der Waals surface area contributed by atoms with Gasteiger partial charge in [0, 0.05) is 19.3 Å². The van der Waals surface area contributed by atoms with E-state index in [0.717, 1.165) is 10.9 Å². The summed E-state index contributed by atoms with van der Waals surface area (Å²) in [5.74, 6) is -0.602. The number of amides is 1. The molecule has 0 bridgehead atoms. The van der Waals surface area contributed by atoms with Crippen molar-refractivity contribution in [1.82, 2.24) is 30.1 Å². The second-order valence-corrected chi connectivity index (χ2v) is 6.29. The zero-order valence-corrected chi connectivity index (χ0v) is 14.8. The number of tetrazole rings is 1. The second-order valence-electron chi connectivity index (χ2n) is 5.89. The summed E-state index contributed by atoms with van der Waals surface area (Å²) in [5, 5.41) is 15.1. The number of hydrogen-bond donors (Lipinski definition) is 1. The Morgan fingerprint density at radius 2 is 2.07 bits per heavy atom. The van der Waals surface area contributed by atoms with Gasteiger partial charge in [-0.1, -0.05) is 11.6 Å². The van der Waals surface area contributed by atoms with E-state index in [0.29, 0.717) is 29.4 Å². The fraction of sp³-hybridized carbons (Fsp3) is 0.111. The van der Waals surface area contributed by atoms with E-state index in [1.54, 1.807) is 24.3 Å². The van der Waals surface area contributed by atoms with Gasteiger partial charge in [0.15, 0.2) is 0 Å². The van der Waals surface area contributed by atoms with Crippen LogP contribution in [0.2, 0.25) is 5.02 Å². The first-order valence-corrected chi connectivity index (χ1v) is 8.55. The lowest BCUT2D eigenvalue weighted by molar-refractivity contribution is 0.0952. The summed E-state index contributed by atoms with van der Waals surface area (Å²) in [6, 6.07) is 11.5. The zero-order valence-electron chi connectivity index (χ0n) is 14.0. The molecule has 1 N–H and O–H groups in total. The molecule has 0 fully saturated rings. The van der Waals surface area contributed by atoms with Crippen molar-refractivity contribution in [1.29, 1.82) is 0 Å². The highest BCUT2D eigenvalue weighted by atomic mass is 35.5. The van der Waals surface area contributed by atoms with Crippen molar-refractivity contribution in [3.8, 4) is 5.69 Å². The predicted molar refractivity (Wildman–Crippen MR) is 98.4 cm³/mol. The number of aromatic nitrogens is 5. The molecular weight excluding hydrogens is 371 g/mol. The molecule has 2 aromatic heterocycles. The van der Waals surface area contributed by atoms with Gasteiger partial charge in [0.25, 0.3) is 5.91 Å². The fourth-order valence-corrected chi connectivity index (χ4v) is 3.05. The molecule has 1 amide bonds. The van der Waals surface area contributed by atoms with Crippen molar-refractivity contribution in [2.45, 2.75) is 6.54 Å². The van der Waals surface area contributed by atoms with Crippen LogP contribution in [-0.2, 0) is 6.54 Å². The molecule has 0 spiro atoms. The normalized spacial score (nSPS) is 11.0. The highest BCUT2D eigenvalue weighted by Crippen LogP contribution is 2.20. The number of benzene rings is 2. The van der Waals surface area contributed by atoms with Gasteiger partial charge in [-0.25, -0.2) is 9.07 Å². The van der Waals surface area contributed by atoms with Gasteiger partial charge < -0.3 is 9.88 Å². The van der Waals surface area contributed by atoms with Gasteiger partial charge in [0.05, 0.1) is 21.8 Å². The average molecular weight is 385 g/mol. The van der Waals surface area contributed by atoms with Crippen molar-refractivity contribution < 1.29 is 9.18 Å². The molecule has 9 heteroatoms. The molecule has 0 unspecified atom stereocenters. The first-order chi connectivity index (χ1) is 13.1. The molecule has 0 aliphatic rings. The molecule has 7 nitrogen and oxygen atoms in total. The summed E-state index contributed by atoms with van der Waals surface area (Å²) in [7, 11) is 0. The largest absolute Gasteiger partial charge is 0.350 e. The minimum Gasteiger partial charge on any atom is -0.350 e. The Morgan fingerprint density at radius 3 is 2.89 bits per heavy atom. The lowest BCUT2D eigenvalue weighted by Crippen LogP contribution is -2.27. The third-order valence-electron chi connectivity index (χ3n) is 4.18. The van der Waals surface area contributed by atoms with Gasteiger partial charge in [-0.3, -0.25) is 4.79 Å². The highest BCUT2D eigenvalue weighted by molar-refractivity contribution is 6.33. The minimum absolute atomic E-state index is 0.294. The van der Waals surface area contributed by atoms with Gasteiger partial charge in [-0.05, 0) is 58.3 Å². The van der Waals surface area contributed by atoms with Crippen LogP contribution in [0.15, 0.2) is 55.0 Å². The number of hydrogen-bond acceptors (Lipinski definition) is 4. The van der Waals surface area contributed by atoms with Crippen LogP contribution < -0.4 is 5.32 Å². The molecular formula is C18H14ClFN6O. The zero-order chi connectivity index (χ0) is 18.8. The van der Waals surface area contributed by atoms with E-state index < -0.39 is 0 Å². The Hall–Kier alpha value is -3.26. The summed E-state index contributed by atoms with van der Waals surface area (Å²) in [4.78, 5) is 12.5. The Kier molecular flexibility index (Phi) is 4.55. The molecule has 136 valence electrons. The molecule has 0 atom stereocenters. The SMILES string of the molecule is O=C(NCCn1ccc2ccc(F)cc21)c1cc(-n2cnnn2)ccc1Cl. The number of carbonyl (C=O) groups excluding carboxylic acids is 1. The lowest BCUT2D eigenvalue weighted by atomic mass is 10.2. The Bertz CT molecular complexity index is 1110. The summed E-state index contributed by atoms with van der Waals surface area (Å²) < 4.78 is 16.8. The third-order valence-corrected chi connectivity index (χ3v) is 4.51. The Morgan fingerprint density at radius 1 is 1.19 bits per heavy atom. The van der Waals surface area contributed by atoms with Crippen LogP contribution in [-0.4, -0.2) is 37.2 Å². The lowest BCUT2D eigenvalue weighted by Gasteiger charge is -2.10. The third kappa shape index (κ3) is 3.52. The maximum atomic E-state index is 13.5. The van der Waals surface area contributed by atoms with E-state index in [1.807, 2.05) is 16.8 Å². The number of carbonyl (C=O) groups is 1. The maximum Gasteiger partial charge on any atom is 0.252 e.